The molecule has 1 amide bonds. The van der Waals surface area contributed by atoms with Crippen molar-refractivity contribution >= 4 is 17.0 Å². The maximum Gasteiger partial charge on any atom is 0.259 e. The number of carbonyl (C=O) groups is 1. The third-order valence-electron chi connectivity index (χ3n) is 4.99. The van der Waals surface area contributed by atoms with Gasteiger partial charge in [0.2, 0.25) is 0 Å². The molecule has 0 aliphatic carbocycles. The number of hydrogen-bond donors (Lipinski definition) is 0. The molecule has 0 unspecified atom stereocenters. The number of rotatable bonds is 7. The molecule has 2 aromatic heterocycles. The number of benzene rings is 2. The summed E-state index contributed by atoms with van der Waals surface area (Å²) in [6.45, 7) is 3.22. The largest absolute Gasteiger partial charge is 0.383 e. The highest BCUT2D eigenvalue weighted by Gasteiger charge is 2.23. The van der Waals surface area contributed by atoms with Gasteiger partial charge in [0.25, 0.3) is 11.6 Å². The van der Waals surface area contributed by atoms with Gasteiger partial charge in [-0.2, -0.15) is 0 Å². The maximum atomic E-state index is 13.7. The Bertz CT molecular complexity index is 1140. The molecule has 0 bridgehead atoms. The zero-order valence-corrected chi connectivity index (χ0v) is 17.0. The second kappa shape index (κ2) is 8.88. The Morgan fingerprint density at radius 3 is 2.47 bits per heavy atom. The van der Waals surface area contributed by atoms with Crippen LogP contribution in [-0.4, -0.2) is 41.2 Å². The molecule has 4 rings (SSSR count). The van der Waals surface area contributed by atoms with Gasteiger partial charge < -0.3 is 14.2 Å². The zero-order chi connectivity index (χ0) is 20.9. The van der Waals surface area contributed by atoms with E-state index in [9.17, 15) is 4.79 Å². The zero-order valence-electron chi connectivity index (χ0n) is 17.0. The van der Waals surface area contributed by atoms with Crippen LogP contribution in [-0.2, 0) is 11.3 Å². The van der Waals surface area contributed by atoms with Gasteiger partial charge in [-0.05, 0) is 18.6 Å². The van der Waals surface area contributed by atoms with E-state index in [1.165, 1.54) is 0 Å². The van der Waals surface area contributed by atoms with E-state index in [2.05, 4.69) is 10.1 Å². The standard InChI is InChI=1S/C24H23N3O3/c1-17-22-20(15-21(25-23(22)30-26-17)19-11-7-4-8-12-19)24(28)27(13-14-29-2)16-18-9-5-3-6-10-18/h3-12,15H,13-14,16H2,1-2H3. The summed E-state index contributed by atoms with van der Waals surface area (Å²) in [6.07, 6.45) is 0. The van der Waals surface area contributed by atoms with Crippen molar-refractivity contribution in [2.45, 2.75) is 13.5 Å². The van der Waals surface area contributed by atoms with Crippen molar-refractivity contribution in [1.29, 1.82) is 0 Å². The van der Waals surface area contributed by atoms with Crippen molar-refractivity contribution in [3.05, 3.63) is 83.6 Å². The van der Waals surface area contributed by atoms with E-state index < -0.39 is 0 Å². The number of aromatic nitrogens is 2. The minimum absolute atomic E-state index is 0.105. The minimum Gasteiger partial charge on any atom is -0.383 e. The average Bonchev–Trinajstić information content (AvgIpc) is 3.17. The van der Waals surface area contributed by atoms with Gasteiger partial charge in [-0.1, -0.05) is 65.8 Å². The summed E-state index contributed by atoms with van der Waals surface area (Å²) in [5, 5.41) is 4.69. The predicted octanol–water partition coefficient (Wildman–Crippen LogP) is 4.49. The molecule has 0 fully saturated rings. The normalized spacial score (nSPS) is 11.0. The van der Waals surface area contributed by atoms with Crippen LogP contribution in [0.4, 0.5) is 0 Å². The number of fused-ring (bicyclic) bond motifs is 1. The van der Waals surface area contributed by atoms with Crippen molar-refractivity contribution in [3.63, 3.8) is 0 Å². The summed E-state index contributed by atoms with van der Waals surface area (Å²) in [5.41, 5.74) is 4.18. The summed E-state index contributed by atoms with van der Waals surface area (Å²) in [6, 6.07) is 21.5. The summed E-state index contributed by atoms with van der Waals surface area (Å²) in [7, 11) is 1.63. The molecule has 2 heterocycles. The molecule has 0 atom stereocenters. The van der Waals surface area contributed by atoms with Crippen molar-refractivity contribution in [2.24, 2.45) is 0 Å². The second-order valence-electron chi connectivity index (χ2n) is 7.07. The van der Waals surface area contributed by atoms with Crippen molar-refractivity contribution in [1.82, 2.24) is 15.0 Å². The summed E-state index contributed by atoms with van der Waals surface area (Å²) in [5.74, 6) is -0.105. The van der Waals surface area contributed by atoms with Crippen LogP contribution < -0.4 is 0 Å². The van der Waals surface area contributed by atoms with E-state index >= 15 is 0 Å². The van der Waals surface area contributed by atoms with Gasteiger partial charge in [0.05, 0.1) is 28.9 Å². The van der Waals surface area contributed by atoms with Crippen LogP contribution in [0.3, 0.4) is 0 Å². The molecule has 4 aromatic rings. The van der Waals surface area contributed by atoms with E-state index in [0.717, 1.165) is 11.1 Å². The Morgan fingerprint density at radius 2 is 1.77 bits per heavy atom. The van der Waals surface area contributed by atoms with Gasteiger partial charge in [-0.15, -0.1) is 0 Å². The smallest absolute Gasteiger partial charge is 0.259 e. The number of hydrogen-bond acceptors (Lipinski definition) is 5. The van der Waals surface area contributed by atoms with E-state index in [1.54, 1.807) is 12.0 Å². The SMILES string of the molecule is COCCN(Cc1ccccc1)C(=O)c1cc(-c2ccccc2)nc2onc(C)c12. The third-order valence-corrected chi connectivity index (χ3v) is 4.99. The molecular weight excluding hydrogens is 378 g/mol. The fourth-order valence-electron chi connectivity index (χ4n) is 3.45. The maximum absolute atomic E-state index is 13.7. The Morgan fingerprint density at radius 1 is 1.07 bits per heavy atom. The van der Waals surface area contributed by atoms with Crippen molar-refractivity contribution < 1.29 is 14.1 Å². The highest BCUT2D eigenvalue weighted by Crippen LogP contribution is 2.28. The lowest BCUT2D eigenvalue weighted by atomic mass is 10.0. The first-order valence-corrected chi connectivity index (χ1v) is 9.82. The highest BCUT2D eigenvalue weighted by atomic mass is 16.5. The van der Waals surface area contributed by atoms with Crippen molar-refractivity contribution in [3.8, 4) is 11.3 Å². The number of methoxy groups -OCH3 is 1. The van der Waals surface area contributed by atoms with E-state index in [-0.39, 0.29) is 5.91 Å². The van der Waals surface area contributed by atoms with Crippen LogP contribution in [0.2, 0.25) is 0 Å². The average molecular weight is 401 g/mol. The van der Waals surface area contributed by atoms with Gasteiger partial charge in [0.15, 0.2) is 0 Å². The van der Waals surface area contributed by atoms with Crippen LogP contribution in [0.1, 0.15) is 21.6 Å². The first-order valence-electron chi connectivity index (χ1n) is 9.82. The molecule has 0 saturated carbocycles. The Kier molecular flexibility index (Phi) is 5.86. The summed E-state index contributed by atoms with van der Waals surface area (Å²) >= 11 is 0. The predicted molar refractivity (Wildman–Crippen MR) is 115 cm³/mol. The number of aryl methyl sites for hydroxylation is 1. The summed E-state index contributed by atoms with van der Waals surface area (Å²) < 4.78 is 10.7. The molecule has 0 N–H and O–H groups in total. The van der Waals surface area contributed by atoms with Gasteiger partial charge in [0, 0.05) is 25.8 Å². The number of nitrogens with zero attached hydrogens (tertiary/aromatic N) is 3. The van der Waals surface area contributed by atoms with Gasteiger partial charge >= 0.3 is 0 Å². The molecule has 152 valence electrons. The van der Waals surface area contributed by atoms with Crippen LogP contribution in [0.25, 0.3) is 22.4 Å². The van der Waals surface area contributed by atoms with Crippen LogP contribution in [0.15, 0.2) is 71.3 Å². The van der Waals surface area contributed by atoms with E-state index in [1.807, 2.05) is 73.7 Å². The molecular formula is C24H23N3O3. The molecule has 6 heteroatoms. The Balaban J connectivity index is 1.78. The highest BCUT2D eigenvalue weighted by molar-refractivity contribution is 6.07. The first-order chi connectivity index (χ1) is 14.7. The minimum atomic E-state index is -0.105. The lowest BCUT2D eigenvalue weighted by Crippen LogP contribution is -2.33. The topological polar surface area (TPSA) is 68.5 Å². The second-order valence-corrected chi connectivity index (χ2v) is 7.07. The number of ether oxygens (including phenoxy) is 1. The summed E-state index contributed by atoms with van der Waals surface area (Å²) in [4.78, 5) is 20.1. The molecule has 0 saturated heterocycles. The first kappa shape index (κ1) is 19.8. The van der Waals surface area contributed by atoms with Crippen LogP contribution in [0.5, 0.6) is 0 Å². The van der Waals surface area contributed by atoms with Crippen LogP contribution in [0, 0.1) is 6.92 Å². The van der Waals surface area contributed by atoms with E-state index in [4.69, 9.17) is 9.26 Å². The third kappa shape index (κ3) is 4.09. The van der Waals surface area contributed by atoms with Crippen LogP contribution >= 0.6 is 0 Å². The lowest BCUT2D eigenvalue weighted by Gasteiger charge is -2.23. The molecule has 30 heavy (non-hydrogen) atoms. The molecule has 6 nitrogen and oxygen atoms in total. The molecule has 0 radical (unpaired) electrons. The van der Waals surface area contributed by atoms with Gasteiger partial charge in [-0.3, -0.25) is 4.79 Å². The number of carbonyl (C=O) groups excluding carboxylic acids is 1. The van der Waals surface area contributed by atoms with Gasteiger partial charge in [0.1, 0.15) is 0 Å². The Hall–Kier alpha value is -3.51. The fraction of sp³-hybridized carbons (Fsp3) is 0.208. The lowest BCUT2D eigenvalue weighted by molar-refractivity contribution is 0.0682. The molecule has 0 spiro atoms. The Labute approximate surface area is 175 Å². The van der Waals surface area contributed by atoms with Gasteiger partial charge in [-0.25, -0.2) is 4.98 Å². The molecule has 2 aromatic carbocycles. The molecule has 0 aliphatic heterocycles. The van der Waals surface area contributed by atoms with E-state index in [0.29, 0.717) is 47.7 Å². The number of amides is 1. The molecule has 0 aliphatic rings. The monoisotopic (exact) mass is 401 g/mol. The quantitative estimate of drug-likeness (QED) is 0.456. The van der Waals surface area contributed by atoms with Crippen molar-refractivity contribution in [2.75, 3.05) is 20.3 Å². The number of pyridine rings is 1. The fourth-order valence-corrected chi connectivity index (χ4v) is 3.45.